The zero-order valence-corrected chi connectivity index (χ0v) is 13.7. The van der Waals surface area contributed by atoms with Gasteiger partial charge in [0.2, 0.25) is 0 Å². The Balaban J connectivity index is 3.55. The second-order valence-electron chi connectivity index (χ2n) is 5.33. The third-order valence-corrected chi connectivity index (χ3v) is 3.51. The molecule has 0 bridgehead atoms. The van der Waals surface area contributed by atoms with Gasteiger partial charge < -0.3 is 4.43 Å². The molecule has 0 aliphatic heterocycles. The van der Waals surface area contributed by atoms with Crippen molar-refractivity contribution in [3.63, 3.8) is 0 Å². The van der Waals surface area contributed by atoms with Crippen molar-refractivity contribution >= 4 is 37.5 Å². The van der Waals surface area contributed by atoms with Crippen molar-refractivity contribution in [1.29, 1.82) is 0 Å². The molecule has 99 valence electrons. The lowest BCUT2D eigenvalue weighted by atomic mass is 9.85. The summed E-state index contributed by atoms with van der Waals surface area (Å²) in [5.41, 5.74) is 1.01. The maximum Gasteiger partial charge on any atom is 0.274 e. The molecular formula is C13H17Cl2O2Si. The number of carbonyl (C=O) groups is 1. The zero-order chi connectivity index (χ0) is 14.1. The standard InChI is InChI=1S/C13H17Cl2O2Si/c1-13(2,3)10-9(14)7-6-8(12(15)16)11(10)17-18(4)5/h6-7H,1-5H3. The van der Waals surface area contributed by atoms with Gasteiger partial charge in [-0.1, -0.05) is 32.4 Å². The van der Waals surface area contributed by atoms with Gasteiger partial charge in [-0.25, -0.2) is 0 Å². The Morgan fingerprint density at radius 3 is 2.22 bits per heavy atom. The average Bonchev–Trinajstić information content (AvgIpc) is 2.13. The molecule has 0 N–H and O–H groups in total. The first-order valence-corrected chi connectivity index (χ1v) is 8.82. The Hall–Kier alpha value is -0.513. The first-order valence-electron chi connectivity index (χ1n) is 5.65. The smallest absolute Gasteiger partial charge is 0.274 e. The Morgan fingerprint density at radius 2 is 1.83 bits per heavy atom. The van der Waals surface area contributed by atoms with E-state index in [1.165, 1.54) is 0 Å². The Morgan fingerprint density at radius 1 is 1.28 bits per heavy atom. The topological polar surface area (TPSA) is 26.3 Å². The van der Waals surface area contributed by atoms with E-state index in [-0.39, 0.29) is 5.41 Å². The van der Waals surface area contributed by atoms with E-state index in [0.29, 0.717) is 16.3 Å². The van der Waals surface area contributed by atoms with Crippen LogP contribution < -0.4 is 4.43 Å². The molecule has 1 radical (unpaired) electrons. The van der Waals surface area contributed by atoms with Crippen LogP contribution in [0, 0.1) is 0 Å². The first-order chi connectivity index (χ1) is 8.14. The van der Waals surface area contributed by atoms with E-state index in [1.807, 2.05) is 33.9 Å². The van der Waals surface area contributed by atoms with Crippen molar-refractivity contribution in [2.45, 2.75) is 39.3 Å². The third-order valence-electron chi connectivity index (χ3n) is 2.37. The van der Waals surface area contributed by atoms with E-state index in [1.54, 1.807) is 12.1 Å². The summed E-state index contributed by atoms with van der Waals surface area (Å²) in [6.07, 6.45) is 0. The molecule has 0 amide bonds. The van der Waals surface area contributed by atoms with Gasteiger partial charge in [0.1, 0.15) is 5.75 Å². The minimum absolute atomic E-state index is 0.216. The molecule has 0 saturated carbocycles. The summed E-state index contributed by atoms with van der Waals surface area (Å²) in [5.74, 6) is 0.536. The molecule has 1 aromatic carbocycles. The van der Waals surface area contributed by atoms with Gasteiger partial charge in [-0.3, -0.25) is 4.79 Å². The molecule has 1 aromatic rings. The lowest BCUT2D eigenvalue weighted by Crippen LogP contribution is -2.20. The Bertz CT molecular complexity index is 465. The van der Waals surface area contributed by atoms with Gasteiger partial charge in [-0.2, -0.15) is 0 Å². The van der Waals surface area contributed by atoms with Crippen molar-refractivity contribution in [2.75, 3.05) is 0 Å². The van der Waals surface area contributed by atoms with Crippen molar-refractivity contribution in [3.05, 3.63) is 28.3 Å². The molecule has 1 rings (SSSR count). The third kappa shape index (κ3) is 3.50. The molecule has 2 nitrogen and oxygen atoms in total. The maximum atomic E-state index is 11.5. The van der Waals surface area contributed by atoms with E-state index in [2.05, 4.69) is 0 Å². The molecule has 0 aromatic heterocycles. The van der Waals surface area contributed by atoms with Crippen LogP contribution in [0.3, 0.4) is 0 Å². The molecule has 18 heavy (non-hydrogen) atoms. The highest BCUT2D eigenvalue weighted by atomic mass is 35.5. The summed E-state index contributed by atoms with van der Waals surface area (Å²) in [6, 6.07) is 3.31. The highest BCUT2D eigenvalue weighted by molar-refractivity contribution is 6.68. The zero-order valence-electron chi connectivity index (χ0n) is 11.2. The van der Waals surface area contributed by atoms with E-state index >= 15 is 0 Å². The van der Waals surface area contributed by atoms with Crippen molar-refractivity contribution < 1.29 is 9.22 Å². The minimum Gasteiger partial charge on any atom is -0.542 e. The molecule has 0 fully saturated rings. The number of carbonyl (C=O) groups excluding carboxylic acids is 1. The van der Waals surface area contributed by atoms with Crippen LogP contribution in [-0.4, -0.2) is 14.3 Å². The normalized spacial score (nSPS) is 11.8. The summed E-state index contributed by atoms with van der Waals surface area (Å²) in [5, 5.41) is 0.0813. The van der Waals surface area contributed by atoms with Gasteiger partial charge in [0.15, 0.2) is 0 Å². The van der Waals surface area contributed by atoms with Crippen molar-refractivity contribution in [1.82, 2.24) is 0 Å². The number of benzene rings is 1. The van der Waals surface area contributed by atoms with Crippen LogP contribution in [-0.2, 0) is 5.41 Å². The van der Waals surface area contributed by atoms with Crippen LogP contribution in [0.1, 0.15) is 36.7 Å². The van der Waals surface area contributed by atoms with Crippen LogP contribution in [0.5, 0.6) is 5.75 Å². The summed E-state index contributed by atoms with van der Waals surface area (Å²) in [6.45, 7) is 10.1. The van der Waals surface area contributed by atoms with Crippen LogP contribution in [0.15, 0.2) is 12.1 Å². The quantitative estimate of drug-likeness (QED) is 0.600. The predicted molar refractivity (Wildman–Crippen MR) is 78.4 cm³/mol. The van der Waals surface area contributed by atoms with Gasteiger partial charge in [-0.15, -0.1) is 0 Å². The van der Waals surface area contributed by atoms with Gasteiger partial charge in [-0.05, 0) is 42.2 Å². The number of halogens is 2. The van der Waals surface area contributed by atoms with Gasteiger partial charge in [0.05, 0.1) is 5.56 Å². The van der Waals surface area contributed by atoms with E-state index in [4.69, 9.17) is 27.6 Å². The lowest BCUT2D eigenvalue weighted by molar-refractivity contribution is 0.107. The highest BCUT2D eigenvalue weighted by Crippen LogP contribution is 2.40. The summed E-state index contributed by atoms with van der Waals surface area (Å²) in [7, 11) is -1.01. The fraction of sp³-hybridized carbons (Fsp3) is 0.462. The fourth-order valence-corrected chi connectivity index (χ4v) is 2.92. The van der Waals surface area contributed by atoms with Crippen LogP contribution in [0.4, 0.5) is 0 Å². The highest BCUT2D eigenvalue weighted by Gasteiger charge is 2.27. The van der Waals surface area contributed by atoms with E-state index in [9.17, 15) is 4.79 Å². The summed E-state index contributed by atoms with van der Waals surface area (Å²) < 4.78 is 5.86. The predicted octanol–water partition coefficient (Wildman–Crippen LogP) is 4.65. The van der Waals surface area contributed by atoms with Crippen molar-refractivity contribution in [2.24, 2.45) is 0 Å². The molecule has 0 spiro atoms. The molecule has 0 saturated heterocycles. The molecule has 0 aliphatic rings. The van der Waals surface area contributed by atoms with Crippen LogP contribution in [0.2, 0.25) is 18.1 Å². The Labute approximate surface area is 120 Å². The number of rotatable bonds is 3. The molecular weight excluding hydrogens is 287 g/mol. The minimum atomic E-state index is -1.01. The van der Waals surface area contributed by atoms with Crippen LogP contribution in [0.25, 0.3) is 0 Å². The second kappa shape index (κ2) is 5.64. The van der Waals surface area contributed by atoms with Crippen molar-refractivity contribution in [3.8, 4) is 5.75 Å². The first kappa shape index (κ1) is 15.5. The number of hydrogen-bond donors (Lipinski definition) is 0. The average molecular weight is 304 g/mol. The molecule has 5 heteroatoms. The Kier molecular flexibility index (Phi) is 4.87. The number of hydrogen-bond acceptors (Lipinski definition) is 2. The monoisotopic (exact) mass is 303 g/mol. The molecule has 0 aliphatic carbocycles. The molecule has 0 heterocycles. The summed E-state index contributed by atoms with van der Waals surface area (Å²) >= 11 is 11.9. The lowest BCUT2D eigenvalue weighted by Gasteiger charge is -2.26. The molecule has 0 atom stereocenters. The maximum absolute atomic E-state index is 11.5. The largest absolute Gasteiger partial charge is 0.542 e. The SMILES string of the molecule is C[Si](C)Oc1c(C(=O)Cl)ccc(Cl)c1C(C)(C)C. The summed E-state index contributed by atoms with van der Waals surface area (Å²) in [4.78, 5) is 11.5. The molecule has 0 unspecified atom stereocenters. The van der Waals surface area contributed by atoms with Crippen LogP contribution >= 0.6 is 23.2 Å². The second-order valence-corrected chi connectivity index (χ2v) is 8.10. The van der Waals surface area contributed by atoms with E-state index in [0.717, 1.165) is 5.56 Å². The van der Waals surface area contributed by atoms with E-state index < -0.39 is 14.3 Å². The van der Waals surface area contributed by atoms with Gasteiger partial charge >= 0.3 is 0 Å². The fourth-order valence-electron chi connectivity index (χ4n) is 1.72. The van der Waals surface area contributed by atoms with Gasteiger partial charge in [0.25, 0.3) is 14.3 Å². The van der Waals surface area contributed by atoms with Gasteiger partial charge in [0, 0.05) is 10.6 Å².